The van der Waals surface area contributed by atoms with Gasteiger partial charge in [0.15, 0.2) is 0 Å². The number of rotatable bonds is 2. The summed E-state index contributed by atoms with van der Waals surface area (Å²) in [4.78, 5) is 23.7. The molecule has 1 aromatic rings. The van der Waals surface area contributed by atoms with Gasteiger partial charge in [-0.05, 0) is 24.3 Å². The number of fused-ring (bicyclic) bond motifs is 1. The summed E-state index contributed by atoms with van der Waals surface area (Å²) < 4.78 is 38.5. The van der Waals surface area contributed by atoms with E-state index in [4.69, 9.17) is 0 Å². The van der Waals surface area contributed by atoms with Gasteiger partial charge in [0.1, 0.15) is 5.54 Å². The Morgan fingerprint density at radius 1 is 1.19 bits per heavy atom. The number of hydrogen-bond acceptors (Lipinski definition) is 2. The minimum Gasteiger partial charge on any atom is -0.479 e. The van der Waals surface area contributed by atoms with Gasteiger partial charge in [0.05, 0.1) is 6.04 Å². The van der Waals surface area contributed by atoms with E-state index in [-0.39, 0.29) is 18.8 Å². The zero-order valence-corrected chi connectivity index (χ0v) is 10.8. The van der Waals surface area contributed by atoms with Gasteiger partial charge < -0.3 is 10.0 Å². The lowest BCUT2D eigenvalue weighted by atomic mass is 9.71. The number of carboxylic acid groups (broad SMARTS) is 1. The molecule has 2 bridgehead atoms. The van der Waals surface area contributed by atoms with Crippen LogP contribution in [0, 0.1) is 5.92 Å². The Labute approximate surface area is 118 Å². The number of amides is 1. The molecule has 3 aliphatic rings. The van der Waals surface area contributed by atoms with Crippen molar-refractivity contribution in [3.63, 3.8) is 0 Å². The van der Waals surface area contributed by atoms with E-state index in [1.54, 1.807) is 30.3 Å². The first-order chi connectivity index (χ1) is 9.77. The molecule has 4 nitrogen and oxygen atoms in total. The normalized spacial score (nSPS) is 30.9. The summed E-state index contributed by atoms with van der Waals surface area (Å²) in [5, 5.41) is 9.30. The van der Waals surface area contributed by atoms with E-state index in [1.807, 2.05) is 0 Å². The van der Waals surface area contributed by atoms with E-state index >= 15 is 0 Å². The Morgan fingerprint density at radius 2 is 1.76 bits per heavy atom. The van der Waals surface area contributed by atoms with Crippen molar-refractivity contribution < 1.29 is 27.9 Å². The van der Waals surface area contributed by atoms with Crippen LogP contribution in [0.25, 0.3) is 0 Å². The van der Waals surface area contributed by atoms with E-state index in [1.165, 1.54) is 0 Å². The summed E-state index contributed by atoms with van der Waals surface area (Å²) in [6.45, 7) is 0. The van der Waals surface area contributed by atoms with E-state index in [9.17, 15) is 27.9 Å². The van der Waals surface area contributed by atoms with Gasteiger partial charge in [0.25, 0.3) is 0 Å². The predicted molar refractivity (Wildman–Crippen MR) is 65.2 cm³/mol. The first-order valence-electron chi connectivity index (χ1n) is 6.46. The second kappa shape index (κ2) is 4.22. The zero-order valence-electron chi connectivity index (χ0n) is 10.8. The van der Waals surface area contributed by atoms with E-state index < -0.39 is 29.6 Å². The van der Waals surface area contributed by atoms with Crippen molar-refractivity contribution in [3.8, 4) is 0 Å². The summed E-state index contributed by atoms with van der Waals surface area (Å²) in [5.74, 6) is -3.68. The molecule has 1 N–H and O–H groups in total. The number of benzene rings is 1. The lowest BCUT2D eigenvalue weighted by Gasteiger charge is -2.37. The molecule has 0 radical (unpaired) electrons. The minimum atomic E-state index is -5.08. The topological polar surface area (TPSA) is 57.6 Å². The average molecular weight is 299 g/mol. The van der Waals surface area contributed by atoms with E-state index in [2.05, 4.69) is 0 Å². The van der Waals surface area contributed by atoms with Crippen LogP contribution in [0.1, 0.15) is 24.4 Å². The van der Waals surface area contributed by atoms with Crippen molar-refractivity contribution >= 4 is 11.9 Å². The van der Waals surface area contributed by atoms with Crippen molar-refractivity contribution in [1.82, 2.24) is 4.90 Å². The second-order valence-corrected chi connectivity index (χ2v) is 5.53. The maximum atomic E-state index is 12.8. The van der Waals surface area contributed by atoms with Crippen molar-refractivity contribution in [2.45, 2.75) is 30.6 Å². The lowest BCUT2D eigenvalue weighted by molar-refractivity contribution is -0.194. The molecule has 1 atom stereocenters. The quantitative estimate of drug-likeness (QED) is 0.912. The van der Waals surface area contributed by atoms with Crippen molar-refractivity contribution in [2.24, 2.45) is 5.92 Å². The molecule has 1 unspecified atom stereocenters. The summed E-state index contributed by atoms with van der Waals surface area (Å²) in [6, 6.07) is 7.46. The molecule has 1 aliphatic carbocycles. The van der Waals surface area contributed by atoms with Gasteiger partial charge in [0.2, 0.25) is 0 Å². The number of hydrogen-bond donors (Lipinski definition) is 1. The monoisotopic (exact) mass is 299 g/mol. The number of alkyl halides is 3. The number of halogens is 3. The fourth-order valence-electron chi connectivity index (χ4n) is 3.51. The van der Waals surface area contributed by atoms with Gasteiger partial charge in [-0.25, -0.2) is 4.79 Å². The predicted octanol–water partition coefficient (Wildman–Crippen LogP) is 2.37. The van der Waals surface area contributed by atoms with Crippen LogP contribution in [0.3, 0.4) is 0 Å². The largest absolute Gasteiger partial charge is 0.479 e. The van der Waals surface area contributed by atoms with Gasteiger partial charge in [0, 0.05) is 0 Å². The van der Waals surface area contributed by atoms with Crippen LogP contribution >= 0.6 is 0 Å². The molecule has 2 saturated heterocycles. The maximum Gasteiger partial charge on any atom is 0.471 e. The molecule has 1 saturated carbocycles. The summed E-state index contributed by atoms with van der Waals surface area (Å²) in [6.07, 6.45) is -4.93. The molecule has 0 aromatic heterocycles. The number of carboxylic acids is 1. The molecular formula is C14H12F3NO3. The first-order valence-corrected chi connectivity index (χ1v) is 6.46. The molecule has 0 spiro atoms. The summed E-state index contributed by atoms with van der Waals surface area (Å²) in [7, 11) is 0. The molecule has 2 aliphatic heterocycles. The van der Waals surface area contributed by atoms with E-state index in [0.29, 0.717) is 10.5 Å². The zero-order chi connectivity index (χ0) is 15.4. The highest BCUT2D eigenvalue weighted by atomic mass is 19.4. The highest BCUT2D eigenvalue weighted by molar-refractivity contribution is 5.92. The molecular weight excluding hydrogens is 287 g/mol. The molecule has 112 valence electrons. The van der Waals surface area contributed by atoms with Crippen LogP contribution in [-0.4, -0.2) is 33.6 Å². The van der Waals surface area contributed by atoms with Crippen LogP contribution in [0.4, 0.5) is 13.2 Å². The fourth-order valence-corrected chi connectivity index (χ4v) is 3.51. The van der Waals surface area contributed by atoms with Crippen LogP contribution in [0.15, 0.2) is 30.3 Å². The van der Waals surface area contributed by atoms with Crippen molar-refractivity contribution in [2.75, 3.05) is 0 Å². The highest BCUT2D eigenvalue weighted by Crippen LogP contribution is 2.61. The standard InChI is InChI=1S/C14H12F3NO3/c15-14(16,17)11(19)18-10(8-4-2-1-3-5-8)9-6-13(18,7-9)12(20)21/h1-5,9-10H,6-7H2,(H,20,21). The van der Waals surface area contributed by atoms with Gasteiger partial charge in [-0.15, -0.1) is 0 Å². The molecule has 1 amide bonds. The lowest BCUT2D eigenvalue weighted by Crippen LogP contribution is -2.57. The van der Waals surface area contributed by atoms with Gasteiger partial charge in [-0.2, -0.15) is 13.2 Å². The summed E-state index contributed by atoms with van der Waals surface area (Å²) in [5.41, 5.74) is -1.17. The van der Waals surface area contributed by atoms with Crippen LogP contribution < -0.4 is 0 Å². The third-order valence-electron chi connectivity index (χ3n) is 4.39. The molecule has 3 fully saturated rings. The first kappa shape index (κ1) is 13.9. The highest BCUT2D eigenvalue weighted by Gasteiger charge is 2.70. The fraction of sp³-hybridized carbons (Fsp3) is 0.429. The molecule has 1 aromatic carbocycles. The number of carbonyl (C=O) groups is 2. The van der Waals surface area contributed by atoms with Crippen molar-refractivity contribution in [1.29, 1.82) is 0 Å². The average Bonchev–Trinajstić information content (AvgIpc) is 2.87. The third-order valence-corrected chi connectivity index (χ3v) is 4.39. The SMILES string of the molecule is O=C(N1C(c2ccccc2)C2CC1(C(=O)O)C2)C(F)(F)F. The smallest absolute Gasteiger partial charge is 0.471 e. The van der Waals surface area contributed by atoms with Gasteiger partial charge in [-0.3, -0.25) is 4.79 Å². The third kappa shape index (κ3) is 1.83. The Bertz CT molecular complexity index is 593. The number of aliphatic carboxylic acids is 1. The molecule has 7 heteroatoms. The summed E-state index contributed by atoms with van der Waals surface area (Å²) >= 11 is 0. The van der Waals surface area contributed by atoms with Gasteiger partial charge >= 0.3 is 18.1 Å². The van der Waals surface area contributed by atoms with E-state index in [0.717, 1.165) is 0 Å². The Kier molecular flexibility index (Phi) is 2.80. The number of nitrogens with zero attached hydrogens (tertiary/aromatic N) is 1. The Morgan fingerprint density at radius 3 is 2.24 bits per heavy atom. The van der Waals surface area contributed by atoms with Crippen LogP contribution in [-0.2, 0) is 9.59 Å². The second-order valence-electron chi connectivity index (χ2n) is 5.53. The Hall–Kier alpha value is -2.05. The molecule has 4 rings (SSSR count). The van der Waals surface area contributed by atoms with Crippen LogP contribution in [0.2, 0.25) is 0 Å². The molecule has 21 heavy (non-hydrogen) atoms. The maximum absolute atomic E-state index is 12.8. The minimum absolute atomic E-state index is 0.0731. The number of carbonyl (C=O) groups excluding carboxylic acids is 1. The van der Waals surface area contributed by atoms with Crippen molar-refractivity contribution in [3.05, 3.63) is 35.9 Å². The van der Waals surface area contributed by atoms with Crippen LogP contribution in [0.5, 0.6) is 0 Å². The Balaban J connectivity index is 2.05. The van der Waals surface area contributed by atoms with Gasteiger partial charge in [-0.1, -0.05) is 30.3 Å². The molecule has 2 heterocycles.